The molecule has 88 valence electrons. The van der Waals surface area contributed by atoms with Crippen LogP contribution in [-0.4, -0.2) is 30.2 Å². The van der Waals surface area contributed by atoms with Crippen LogP contribution in [0.25, 0.3) is 0 Å². The van der Waals surface area contributed by atoms with Gasteiger partial charge in [0.2, 0.25) is 6.79 Å². The second kappa shape index (κ2) is 5.18. The molecule has 4 heteroatoms. The molecule has 16 heavy (non-hydrogen) atoms. The molecule has 1 heterocycles. The van der Waals surface area contributed by atoms with Gasteiger partial charge in [0.15, 0.2) is 11.5 Å². The zero-order valence-electron chi connectivity index (χ0n) is 9.06. The minimum Gasteiger partial charge on any atom is -0.454 e. The van der Waals surface area contributed by atoms with E-state index in [0.29, 0.717) is 6.42 Å². The van der Waals surface area contributed by atoms with Crippen molar-refractivity contribution in [1.82, 2.24) is 0 Å². The van der Waals surface area contributed by atoms with Crippen LogP contribution in [0.3, 0.4) is 0 Å². The molecule has 1 aliphatic rings. The number of benzene rings is 1. The van der Waals surface area contributed by atoms with Gasteiger partial charge in [0.1, 0.15) is 0 Å². The van der Waals surface area contributed by atoms with Gasteiger partial charge in [0, 0.05) is 19.1 Å². The Morgan fingerprint density at radius 1 is 1.19 bits per heavy atom. The Bertz CT molecular complexity index is 351. The van der Waals surface area contributed by atoms with E-state index in [4.69, 9.17) is 14.6 Å². The maximum atomic E-state index is 9.30. The highest BCUT2D eigenvalue weighted by molar-refractivity contribution is 5.45. The molecule has 1 atom stereocenters. The third kappa shape index (κ3) is 2.28. The average molecular weight is 224 g/mol. The van der Waals surface area contributed by atoms with Crippen molar-refractivity contribution in [2.24, 2.45) is 0 Å². The summed E-state index contributed by atoms with van der Waals surface area (Å²) in [5.41, 5.74) is 1.03. The number of ether oxygens (including phenoxy) is 2. The van der Waals surface area contributed by atoms with E-state index in [1.54, 1.807) is 0 Å². The fourth-order valence-corrected chi connectivity index (χ4v) is 1.87. The molecule has 1 aliphatic heterocycles. The lowest BCUT2D eigenvalue weighted by molar-refractivity contribution is 0.174. The number of hydrogen-bond acceptors (Lipinski definition) is 4. The van der Waals surface area contributed by atoms with Gasteiger partial charge in [0.05, 0.1) is 0 Å². The Hall–Kier alpha value is -1.26. The molecule has 0 aromatic heterocycles. The fraction of sp³-hybridized carbons (Fsp3) is 0.500. The predicted octanol–water partition coefficient (Wildman–Crippen LogP) is 1.26. The van der Waals surface area contributed by atoms with Gasteiger partial charge in [-0.05, 0) is 30.5 Å². The quantitative estimate of drug-likeness (QED) is 0.790. The molecule has 1 aromatic rings. The van der Waals surface area contributed by atoms with Gasteiger partial charge in [0.25, 0.3) is 0 Å². The monoisotopic (exact) mass is 224 g/mol. The van der Waals surface area contributed by atoms with Crippen molar-refractivity contribution in [3.05, 3.63) is 23.8 Å². The van der Waals surface area contributed by atoms with E-state index in [1.165, 1.54) is 0 Å². The first-order valence-electron chi connectivity index (χ1n) is 5.46. The topological polar surface area (TPSA) is 58.9 Å². The van der Waals surface area contributed by atoms with Crippen molar-refractivity contribution < 1.29 is 19.7 Å². The van der Waals surface area contributed by atoms with Gasteiger partial charge >= 0.3 is 0 Å². The van der Waals surface area contributed by atoms with Crippen molar-refractivity contribution in [2.45, 2.75) is 18.8 Å². The first kappa shape index (κ1) is 11.2. The Balaban J connectivity index is 2.12. The van der Waals surface area contributed by atoms with E-state index < -0.39 is 0 Å². The molecular weight excluding hydrogens is 208 g/mol. The zero-order valence-corrected chi connectivity index (χ0v) is 9.06. The Morgan fingerprint density at radius 3 is 2.75 bits per heavy atom. The van der Waals surface area contributed by atoms with Crippen molar-refractivity contribution in [3.8, 4) is 11.5 Å². The molecule has 1 aromatic carbocycles. The number of rotatable bonds is 5. The summed E-state index contributed by atoms with van der Waals surface area (Å²) in [6.45, 7) is 0.500. The number of aliphatic hydroxyl groups excluding tert-OH is 2. The van der Waals surface area contributed by atoms with Gasteiger partial charge in [-0.25, -0.2) is 0 Å². The van der Waals surface area contributed by atoms with E-state index >= 15 is 0 Å². The predicted molar refractivity (Wildman–Crippen MR) is 58.7 cm³/mol. The van der Waals surface area contributed by atoms with E-state index in [2.05, 4.69) is 0 Å². The first-order valence-corrected chi connectivity index (χ1v) is 5.46. The van der Waals surface area contributed by atoms with Crippen LogP contribution in [0.4, 0.5) is 0 Å². The standard InChI is InChI=1S/C12H16O4/c13-5-1-2-10(7-14)9-3-4-11-12(6-9)16-8-15-11/h3-4,6,10,13-14H,1-2,5,7-8H2. The van der Waals surface area contributed by atoms with Gasteiger partial charge in [-0.3, -0.25) is 0 Å². The highest BCUT2D eigenvalue weighted by Gasteiger charge is 2.17. The molecular formula is C12H16O4. The molecule has 0 fully saturated rings. The lowest BCUT2D eigenvalue weighted by Crippen LogP contribution is -2.05. The maximum absolute atomic E-state index is 9.30. The maximum Gasteiger partial charge on any atom is 0.231 e. The first-order chi connectivity index (χ1) is 7.85. The molecule has 0 bridgehead atoms. The molecule has 4 nitrogen and oxygen atoms in total. The normalized spacial score (nSPS) is 15.1. The van der Waals surface area contributed by atoms with E-state index in [-0.39, 0.29) is 25.9 Å². The molecule has 1 unspecified atom stereocenters. The molecule has 0 amide bonds. The van der Waals surface area contributed by atoms with E-state index in [1.807, 2.05) is 18.2 Å². The summed E-state index contributed by atoms with van der Waals surface area (Å²) in [4.78, 5) is 0. The largest absolute Gasteiger partial charge is 0.454 e. The third-order valence-electron chi connectivity index (χ3n) is 2.80. The molecule has 2 N–H and O–H groups in total. The Labute approximate surface area is 94.4 Å². The molecule has 0 saturated heterocycles. The summed E-state index contributed by atoms with van der Waals surface area (Å²) in [5, 5.41) is 18.1. The summed E-state index contributed by atoms with van der Waals surface area (Å²) in [6, 6.07) is 5.70. The number of aliphatic hydroxyl groups is 2. The van der Waals surface area contributed by atoms with E-state index in [9.17, 15) is 5.11 Å². The Morgan fingerprint density at radius 2 is 2.00 bits per heavy atom. The van der Waals surface area contributed by atoms with Crippen LogP contribution in [0.5, 0.6) is 11.5 Å². The Kier molecular flexibility index (Phi) is 3.64. The molecule has 0 aliphatic carbocycles. The van der Waals surface area contributed by atoms with Crippen LogP contribution < -0.4 is 9.47 Å². The van der Waals surface area contributed by atoms with Crippen LogP contribution in [0.15, 0.2) is 18.2 Å². The number of fused-ring (bicyclic) bond motifs is 1. The highest BCUT2D eigenvalue weighted by atomic mass is 16.7. The van der Waals surface area contributed by atoms with Gasteiger partial charge in [-0.2, -0.15) is 0 Å². The summed E-state index contributed by atoms with van der Waals surface area (Å²) < 4.78 is 10.5. The lowest BCUT2D eigenvalue weighted by Gasteiger charge is -2.14. The van der Waals surface area contributed by atoms with Crippen molar-refractivity contribution in [3.63, 3.8) is 0 Å². The van der Waals surface area contributed by atoms with Gasteiger partial charge < -0.3 is 19.7 Å². The van der Waals surface area contributed by atoms with Crippen LogP contribution >= 0.6 is 0 Å². The van der Waals surface area contributed by atoms with Crippen molar-refractivity contribution >= 4 is 0 Å². The van der Waals surface area contributed by atoms with Crippen molar-refractivity contribution in [1.29, 1.82) is 0 Å². The van der Waals surface area contributed by atoms with Gasteiger partial charge in [-0.15, -0.1) is 0 Å². The van der Waals surface area contributed by atoms with E-state index in [0.717, 1.165) is 23.5 Å². The van der Waals surface area contributed by atoms with Crippen LogP contribution in [-0.2, 0) is 0 Å². The zero-order chi connectivity index (χ0) is 11.4. The van der Waals surface area contributed by atoms with Crippen LogP contribution in [0, 0.1) is 0 Å². The second-order valence-electron chi connectivity index (χ2n) is 3.86. The summed E-state index contributed by atoms with van der Waals surface area (Å²) in [7, 11) is 0. The molecule has 0 saturated carbocycles. The van der Waals surface area contributed by atoms with Crippen molar-refractivity contribution in [2.75, 3.05) is 20.0 Å². The summed E-state index contributed by atoms with van der Waals surface area (Å²) in [5.74, 6) is 1.55. The summed E-state index contributed by atoms with van der Waals surface area (Å²) in [6.07, 6.45) is 1.46. The average Bonchev–Trinajstić information content (AvgIpc) is 2.77. The molecule has 0 spiro atoms. The highest BCUT2D eigenvalue weighted by Crippen LogP contribution is 2.35. The minimum absolute atomic E-state index is 0.0571. The van der Waals surface area contributed by atoms with Gasteiger partial charge in [-0.1, -0.05) is 6.07 Å². The lowest BCUT2D eigenvalue weighted by atomic mass is 9.95. The second-order valence-corrected chi connectivity index (χ2v) is 3.86. The van der Waals surface area contributed by atoms with Crippen LogP contribution in [0.1, 0.15) is 24.3 Å². The SMILES string of the molecule is OCCCC(CO)c1ccc2c(c1)OCO2. The summed E-state index contributed by atoms with van der Waals surface area (Å²) >= 11 is 0. The third-order valence-corrected chi connectivity index (χ3v) is 2.80. The smallest absolute Gasteiger partial charge is 0.231 e. The molecule has 2 rings (SSSR count). The van der Waals surface area contributed by atoms with Crippen LogP contribution in [0.2, 0.25) is 0 Å². The minimum atomic E-state index is 0.0571. The fourth-order valence-electron chi connectivity index (χ4n) is 1.87. The molecule has 0 radical (unpaired) electrons. The number of hydrogen-bond donors (Lipinski definition) is 2.